The van der Waals surface area contributed by atoms with Gasteiger partial charge in [-0.15, -0.1) is 0 Å². The zero-order valence-corrected chi connectivity index (χ0v) is 11.2. The molecule has 0 heterocycles. The first-order chi connectivity index (χ1) is 9.67. The van der Waals surface area contributed by atoms with E-state index in [9.17, 15) is 9.18 Å². The summed E-state index contributed by atoms with van der Waals surface area (Å²) in [6, 6.07) is 13.3. The molecule has 0 spiro atoms. The van der Waals surface area contributed by atoms with E-state index in [4.69, 9.17) is 4.74 Å². The van der Waals surface area contributed by atoms with Crippen molar-refractivity contribution < 1.29 is 13.9 Å². The highest BCUT2D eigenvalue weighted by Crippen LogP contribution is 2.14. The molecule has 0 atom stereocenters. The summed E-state index contributed by atoms with van der Waals surface area (Å²) in [5, 5.41) is 2.73. The van der Waals surface area contributed by atoms with Crippen molar-refractivity contribution in [3.8, 4) is 5.75 Å². The van der Waals surface area contributed by atoms with Gasteiger partial charge in [0.15, 0.2) is 0 Å². The molecule has 20 heavy (non-hydrogen) atoms. The minimum atomic E-state index is -0.320. The van der Waals surface area contributed by atoms with Crippen molar-refractivity contribution in [2.75, 3.05) is 12.4 Å². The second-order valence-corrected chi connectivity index (χ2v) is 4.41. The lowest BCUT2D eigenvalue weighted by molar-refractivity contribution is -0.116. The molecule has 0 bridgehead atoms. The van der Waals surface area contributed by atoms with Crippen LogP contribution in [0.5, 0.6) is 5.75 Å². The number of halogens is 1. The van der Waals surface area contributed by atoms with Crippen LogP contribution in [0.15, 0.2) is 48.5 Å². The Morgan fingerprint density at radius 2 is 1.95 bits per heavy atom. The fourth-order valence-corrected chi connectivity index (χ4v) is 1.84. The van der Waals surface area contributed by atoms with Crippen LogP contribution in [0.1, 0.15) is 12.0 Å². The number of hydrogen-bond acceptors (Lipinski definition) is 2. The van der Waals surface area contributed by atoms with E-state index in [1.165, 1.54) is 12.1 Å². The SMILES string of the molecule is COc1cccc(CCC(=O)Nc2ccc(F)cc2)c1. The maximum absolute atomic E-state index is 12.7. The van der Waals surface area contributed by atoms with Crippen LogP contribution in [-0.4, -0.2) is 13.0 Å². The smallest absolute Gasteiger partial charge is 0.224 e. The minimum Gasteiger partial charge on any atom is -0.497 e. The quantitative estimate of drug-likeness (QED) is 0.906. The number of benzene rings is 2. The lowest BCUT2D eigenvalue weighted by Gasteiger charge is -2.06. The third kappa shape index (κ3) is 4.09. The average Bonchev–Trinajstić information content (AvgIpc) is 2.48. The maximum atomic E-state index is 12.7. The minimum absolute atomic E-state index is 0.0978. The zero-order chi connectivity index (χ0) is 14.4. The van der Waals surface area contributed by atoms with Gasteiger partial charge in [-0.05, 0) is 48.4 Å². The van der Waals surface area contributed by atoms with E-state index in [2.05, 4.69) is 5.32 Å². The molecule has 0 aliphatic heterocycles. The molecule has 2 rings (SSSR count). The monoisotopic (exact) mass is 273 g/mol. The van der Waals surface area contributed by atoms with Crippen molar-refractivity contribution >= 4 is 11.6 Å². The summed E-state index contributed by atoms with van der Waals surface area (Å²) in [7, 11) is 1.61. The fraction of sp³-hybridized carbons (Fsp3) is 0.188. The van der Waals surface area contributed by atoms with Crippen LogP contribution >= 0.6 is 0 Å². The van der Waals surface area contributed by atoms with Crippen molar-refractivity contribution in [3.05, 3.63) is 59.9 Å². The average molecular weight is 273 g/mol. The van der Waals surface area contributed by atoms with Gasteiger partial charge in [0.1, 0.15) is 11.6 Å². The number of carbonyl (C=O) groups is 1. The molecule has 1 N–H and O–H groups in total. The number of amides is 1. The topological polar surface area (TPSA) is 38.3 Å². The molecule has 1 amide bonds. The molecule has 0 saturated carbocycles. The van der Waals surface area contributed by atoms with Crippen molar-refractivity contribution in [2.45, 2.75) is 12.8 Å². The summed E-state index contributed by atoms with van der Waals surface area (Å²) in [4.78, 5) is 11.8. The molecule has 0 fully saturated rings. The number of hydrogen-bond donors (Lipinski definition) is 1. The van der Waals surface area contributed by atoms with Crippen molar-refractivity contribution in [1.82, 2.24) is 0 Å². The Balaban J connectivity index is 1.87. The van der Waals surface area contributed by atoms with Crippen LogP contribution in [0.3, 0.4) is 0 Å². The first-order valence-electron chi connectivity index (χ1n) is 6.36. The van der Waals surface area contributed by atoms with E-state index >= 15 is 0 Å². The highest BCUT2D eigenvalue weighted by molar-refractivity contribution is 5.90. The Bertz CT molecular complexity index is 581. The molecule has 2 aromatic rings. The van der Waals surface area contributed by atoms with E-state index in [1.54, 1.807) is 19.2 Å². The third-order valence-corrected chi connectivity index (χ3v) is 2.90. The Morgan fingerprint density at radius 1 is 1.20 bits per heavy atom. The van der Waals surface area contributed by atoms with Gasteiger partial charge >= 0.3 is 0 Å². The maximum Gasteiger partial charge on any atom is 0.224 e. The zero-order valence-electron chi connectivity index (χ0n) is 11.2. The van der Waals surface area contributed by atoms with Gasteiger partial charge in [-0.25, -0.2) is 4.39 Å². The van der Waals surface area contributed by atoms with Gasteiger partial charge in [0, 0.05) is 12.1 Å². The summed E-state index contributed by atoms with van der Waals surface area (Å²) in [5.41, 5.74) is 1.64. The standard InChI is InChI=1S/C16H16FNO2/c1-20-15-4-2-3-12(11-15)5-10-16(19)18-14-8-6-13(17)7-9-14/h2-4,6-9,11H,5,10H2,1H3,(H,18,19). The summed E-state index contributed by atoms with van der Waals surface area (Å²) in [6.45, 7) is 0. The van der Waals surface area contributed by atoms with Gasteiger partial charge in [-0.1, -0.05) is 12.1 Å². The van der Waals surface area contributed by atoms with Crippen LogP contribution < -0.4 is 10.1 Å². The Labute approximate surface area is 117 Å². The second kappa shape index (κ2) is 6.70. The van der Waals surface area contributed by atoms with E-state index in [-0.39, 0.29) is 11.7 Å². The molecule has 0 unspecified atom stereocenters. The lowest BCUT2D eigenvalue weighted by Crippen LogP contribution is -2.12. The van der Waals surface area contributed by atoms with Gasteiger partial charge in [0.25, 0.3) is 0 Å². The normalized spacial score (nSPS) is 10.1. The molecule has 0 saturated heterocycles. The number of aryl methyl sites for hydroxylation is 1. The molecule has 0 aromatic heterocycles. The van der Waals surface area contributed by atoms with Crippen molar-refractivity contribution in [3.63, 3.8) is 0 Å². The molecule has 4 heteroatoms. The Kier molecular flexibility index (Phi) is 4.71. The second-order valence-electron chi connectivity index (χ2n) is 4.41. The summed E-state index contributed by atoms with van der Waals surface area (Å²) < 4.78 is 17.9. The molecule has 104 valence electrons. The number of anilines is 1. The molecule has 0 aliphatic carbocycles. The van der Waals surface area contributed by atoms with Crippen LogP contribution in [0.4, 0.5) is 10.1 Å². The number of carbonyl (C=O) groups excluding carboxylic acids is 1. The largest absolute Gasteiger partial charge is 0.497 e. The van der Waals surface area contributed by atoms with Gasteiger partial charge in [0.2, 0.25) is 5.91 Å². The molecule has 0 aliphatic rings. The number of methoxy groups -OCH3 is 1. The number of rotatable bonds is 5. The van der Waals surface area contributed by atoms with Gasteiger partial charge in [-0.3, -0.25) is 4.79 Å². The van der Waals surface area contributed by atoms with Crippen molar-refractivity contribution in [2.24, 2.45) is 0 Å². The van der Waals surface area contributed by atoms with Crippen molar-refractivity contribution in [1.29, 1.82) is 0 Å². The van der Waals surface area contributed by atoms with Crippen LogP contribution in [-0.2, 0) is 11.2 Å². The summed E-state index contributed by atoms with van der Waals surface area (Å²) >= 11 is 0. The van der Waals surface area contributed by atoms with E-state index in [0.29, 0.717) is 18.5 Å². The first kappa shape index (κ1) is 14.1. The molecule has 2 aromatic carbocycles. The highest BCUT2D eigenvalue weighted by atomic mass is 19.1. The lowest BCUT2D eigenvalue weighted by atomic mass is 10.1. The predicted molar refractivity (Wildman–Crippen MR) is 76.3 cm³/mol. The predicted octanol–water partition coefficient (Wildman–Crippen LogP) is 3.41. The van der Waals surface area contributed by atoms with E-state index in [1.807, 2.05) is 24.3 Å². The number of ether oxygens (including phenoxy) is 1. The summed E-state index contributed by atoms with van der Waals surface area (Å²) in [6.07, 6.45) is 0.995. The highest BCUT2D eigenvalue weighted by Gasteiger charge is 2.04. The van der Waals surface area contributed by atoms with Crippen LogP contribution in [0, 0.1) is 5.82 Å². The van der Waals surface area contributed by atoms with Crippen LogP contribution in [0.25, 0.3) is 0 Å². The molecule has 0 radical (unpaired) electrons. The Morgan fingerprint density at radius 3 is 2.65 bits per heavy atom. The molecular formula is C16H16FNO2. The van der Waals surface area contributed by atoms with E-state index < -0.39 is 0 Å². The van der Waals surface area contributed by atoms with Crippen LogP contribution in [0.2, 0.25) is 0 Å². The Hall–Kier alpha value is -2.36. The van der Waals surface area contributed by atoms with Gasteiger partial charge in [0.05, 0.1) is 7.11 Å². The van der Waals surface area contributed by atoms with Gasteiger partial charge in [-0.2, -0.15) is 0 Å². The fourth-order valence-electron chi connectivity index (χ4n) is 1.84. The summed E-state index contributed by atoms with van der Waals surface area (Å²) in [5.74, 6) is 0.361. The number of nitrogens with one attached hydrogen (secondary N) is 1. The van der Waals surface area contributed by atoms with E-state index in [0.717, 1.165) is 11.3 Å². The molecular weight excluding hydrogens is 257 g/mol. The molecule has 3 nitrogen and oxygen atoms in total. The first-order valence-corrected chi connectivity index (χ1v) is 6.36. The third-order valence-electron chi connectivity index (χ3n) is 2.90. The van der Waals surface area contributed by atoms with Gasteiger partial charge < -0.3 is 10.1 Å².